The number of hydrogen-bond acceptors (Lipinski definition) is 3. The maximum Gasteiger partial charge on any atom is 0.119 e. The maximum atomic E-state index is 9.06. The van der Waals surface area contributed by atoms with Gasteiger partial charge in [-0.2, -0.15) is 0 Å². The molecular formula is C15H22BrNO2. The van der Waals surface area contributed by atoms with Crippen LogP contribution in [0.1, 0.15) is 24.8 Å². The highest BCUT2D eigenvalue weighted by atomic mass is 79.9. The zero-order valence-corrected chi connectivity index (χ0v) is 13.0. The number of aliphatic hydroxyl groups is 1. The zero-order chi connectivity index (χ0) is 13.7. The average molecular weight is 328 g/mol. The summed E-state index contributed by atoms with van der Waals surface area (Å²) in [6.45, 7) is 3.48. The summed E-state index contributed by atoms with van der Waals surface area (Å²) in [7, 11) is 1.70. The number of hydrogen-bond donors (Lipinski definition) is 1. The second kappa shape index (κ2) is 7.27. The Morgan fingerprint density at radius 3 is 3.05 bits per heavy atom. The number of aliphatic hydroxyl groups excluding tert-OH is 1. The van der Waals surface area contributed by atoms with Gasteiger partial charge in [0, 0.05) is 24.2 Å². The minimum Gasteiger partial charge on any atom is -0.497 e. The summed E-state index contributed by atoms with van der Waals surface area (Å²) < 4.78 is 6.42. The van der Waals surface area contributed by atoms with Crippen LogP contribution in [-0.4, -0.2) is 36.8 Å². The van der Waals surface area contributed by atoms with Crippen molar-refractivity contribution in [3.63, 3.8) is 0 Å². The van der Waals surface area contributed by atoms with Gasteiger partial charge in [-0.3, -0.25) is 4.90 Å². The summed E-state index contributed by atoms with van der Waals surface area (Å²) in [6, 6.07) is 6.11. The van der Waals surface area contributed by atoms with E-state index < -0.39 is 0 Å². The highest BCUT2D eigenvalue weighted by Crippen LogP contribution is 2.26. The van der Waals surface area contributed by atoms with Gasteiger partial charge in [0.15, 0.2) is 0 Å². The maximum absolute atomic E-state index is 9.06. The fourth-order valence-corrected chi connectivity index (χ4v) is 3.13. The van der Waals surface area contributed by atoms with E-state index in [0.29, 0.717) is 12.5 Å². The van der Waals surface area contributed by atoms with Crippen molar-refractivity contribution in [1.82, 2.24) is 4.90 Å². The van der Waals surface area contributed by atoms with Gasteiger partial charge in [-0.25, -0.2) is 0 Å². The first-order valence-electron chi connectivity index (χ1n) is 6.88. The number of halogens is 1. The monoisotopic (exact) mass is 327 g/mol. The van der Waals surface area contributed by atoms with Crippen molar-refractivity contribution in [3.8, 4) is 5.75 Å². The van der Waals surface area contributed by atoms with Crippen LogP contribution in [0.15, 0.2) is 22.7 Å². The van der Waals surface area contributed by atoms with Crippen LogP contribution in [0.25, 0.3) is 0 Å². The molecule has 0 bridgehead atoms. The summed E-state index contributed by atoms with van der Waals surface area (Å²) in [5, 5.41) is 9.06. The quantitative estimate of drug-likeness (QED) is 0.902. The molecule has 0 saturated carbocycles. The summed E-state index contributed by atoms with van der Waals surface area (Å²) in [6.07, 6.45) is 3.40. The molecule has 1 unspecified atom stereocenters. The molecule has 1 aliphatic heterocycles. The van der Waals surface area contributed by atoms with Crippen LogP contribution < -0.4 is 4.74 Å². The molecular weight excluding hydrogens is 306 g/mol. The Balaban J connectivity index is 2.00. The molecule has 0 aromatic heterocycles. The third kappa shape index (κ3) is 4.20. The van der Waals surface area contributed by atoms with Crippen LogP contribution in [0.5, 0.6) is 5.75 Å². The topological polar surface area (TPSA) is 32.7 Å². The van der Waals surface area contributed by atoms with E-state index in [1.807, 2.05) is 12.1 Å². The second-order valence-corrected chi connectivity index (χ2v) is 6.07. The average Bonchev–Trinajstić information content (AvgIpc) is 2.42. The van der Waals surface area contributed by atoms with Crippen LogP contribution in [0.4, 0.5) is 0 Å². The molecule has 1 heterocycles. The van der Waals surface area contributed by atoms with E-state index in [9.17, 15) is 0 Å². The van der Waals surface area contributed by atoms with Gasteiger partial charge in [0.2, 0.25) is 0 Å². The van der Waals surface area contributed by atoms with Crippen LogP contribution in [0.3, 0.4) is 0 Å². The lowest BCUT2D eigenvalue weighted by Crippen LogP contribution is -2.35. The molecule has 0 amide bonds. The Morgan fingerprint density at radius 1 is 1.47 bits per heavy atom. The van der Waals surface area contributed by atoms with E-state index in [1.165, 1.54) is 18.4 Å². The molecule has 1 saturated heterocycles. The summed E-state index contributed by atoms with van der Waals surface area (Å²) in [4.78, 5) is 2.48. The lowest BCUT2D eigenvalue weighted by molar-refractivity contribution is 0.142. The molecule has 4 heteroatoms. The lowest BCUT2D eigenvalue weighted by Gasteiger charge is -2.32. The van der Waals surface area contributed by atoms with Gasteiger partial charge >= 0.3 is 0 Å². The van der Waals surface area contributed by atoms with Crippen molar-refractivity contribution in [1.29, 1.82) is 0 Å². The van der Waals surface area contributed by atoms with E-state index >= 15 is 0 Å². The van der Waals surface area contributed by atoms with Crippen LogP contribution >= 0.6 is 15.9 Å². The number of ether oxygens (including phenoxy) is 1. The molecule has 1 atom stereocenters. The Kier molecular flexibility index (Phi) is 5.67. The summed E-state index contributed by atoms with van der Waals surface area (Å²) in [5.41, 5.74) is 1.27. The van der Waals surface area contributed by atoms with Gasteiger partial charge in [-0.1, -0.05) is 15.9 Å². The van der Waals surface area contributed by atoms with Gasteiger partial charge < -0.3 is 9.84 Å². The van der Waals surface area contributed by atoms with Crippen molar-refractivity contribution < 1.29 is 9.84 Å². The van der Waals surface area contributed by atoms with Crippen molar-refractivity contribution in [3.05, 3.63) is 28.2 Å². The number of benzene rings is 1. The molecule has 0 spiro atoms. The van der Waals surface area contributed by atoms with Crippen molar-refractivity contribution >= 4 is 15.9 Å². The molecule has 1 fully saturated rings. The van der Waals surface area contributed by atoms with Gasteiger partial charge in [0.1, 0.15) is 5.75 Å². The zero-order valence-electron chi connectivity index (χ0n) is 11.4. The summed E-state index contributed by atoms with van der Waals surface area (Å²) >= 11 is 3.61. The highest BCUT2D eigenvalue weighted by Gasteiger charge is 2.20. The molecule has 3 nitrogen and oxygen atoms in total. The highest BCUT2D eigenvalue weighted by molar-refractivity contribution is 9.10. The van der Waals surface area contributed by atoms with Crippen molar-refractivity contribution in [2.45, 2.75) is 25.8 Å². The standard InChI is InChI=1S/C15H22BrNO2/c1-19-14-4-5-15(16)13(9-14)11-17-7-2-3-12(10-17)6-8-18/h4-5,9,12,18H,2-3,6-8,10-11H2,1H3. The number of rotatable bonds is 5. The molecule has 0 aliphatic carbocycles. The first-order valence-corrected chi connectivity index (χ1v) is 7.68. The van der Waals surface area contributed by atoms with Gasteiger partial charge in [0.05, 0.1) is 7.11 Å². The van der Waals surface area contributed by atoms with Gasteiger partial charge in [-0.05, 0) is 55.5 Å². The minimum atomic E-state index is 0.307. The van der Waals surface area contributed by atoms with Gasteiger partial charge in [0.25, 0.3) is 0 Å². The van der Waals surface area contributed by atoms with E-state index in [1.54, 1.807) is 7.11 Å². The van der Waals surface area contributed by atoms with Gasteiger partial charge in [-0.15, -0.1) is 0 Å². The fourth-order valence-electron chi connectivity index (χ4n) is 2.75. The second-order valence-electron chi connectivity index (χ2n) is 5.21. The largest absolute Gasteiger partial charge is 0.497 e. The van der Waals surface area contributed by atoms with Crippen LogP contribution in [0, 0.1) is 5.92 Å². The lowest BCUT2D eigenvalue weighted by atomic mass is 9.95. The van der Waals surface area contributed by atoms with E-state index in [0.717, 1.165) is 36.3 Å². The normalized spacial score (nSPS) is 20.5. The molecule has 1 aromatic carbocycles. The Morgan fingerprint density at radius 2 is 2.32 bits per heavy atom. The molecule has 1 N–H and O–H groups in total. The van der Waals surface area contributed by atoms with E-state index in [4.69, 9.17) is 9.84 Å². The molecule has 1 aliphatic rings. The van der Waals surface area contributed by atoms with Crippen molar-refractivity contribution in [2.24, 2.45) is 5.92 Å². The third-order valence-corrected chi connectivity index (χ3v) is 4.56. The fraction of sp³-hybridized carbons (Fsp3) is 0.600. The molecule has 1 aromatic rings. The predicted molar refractivity (Wildman–Crippen MR) is 80.4 cm³/mol. The minimum absolute atomic E-state index is 0.307. The summed E-state index contributed by atoms with van der Waals surface area (Å²) in [5.74, 6) is 1.55. The SMILES string of the molecule is COc1ccc(Br)c(CN2CCCC(CCO)C2)c1. The first kappa shape index (κ1) is 14.8. The Hall–Kier alpha value is -0.580. The number of piperidine rings is 1. The van der Waals surface area contributed by atoms with E-state index in [2.05, 4.69) is 26.9 Å². The number of likely N-dealkylation sites (tertiary alicyclic amines) is 1. The number of methoxy groups -OCH3 is 1. The van der Waals surface area contributed by atoms with Crippen LogP contribution in [-0.2, 0) is 6.54 Å². The molecule has 106 valence electrons. The third-order valence-electron chi connectivity index (χ3n) is 3.79. The van der Waals surface area contributed by atoms with Crippen molar-refractivity contribution in [2.75, 3.05) is 26.8 Å². The van der Waals surface area contributed by atoms with Crippen LogP contribution in [0.2, 0.25) is 0 Å². The molecule has 19 heavy (non-hydrogen) atoms. The molecule has 0 radical (unpaired) electrons. The smallest absolute Gasteiger partial charge is 0.119 e. The molecule has 2 rings (SSSR count). The Bertz CT molecular complexity index is 409. The predicted octanol–water partition coefficient (Wildman–Crippen LogP) is 3.05. The number of nitrogens with zero attached hydrogens (tertiary/aromatic N) is 1. The van der Waals surface area contributed by atoms with E-state index in [-0.39, 0.29) is 0 Å². The Labute approximate surface area is 123 Å². The first-order chi connectivity index (χ1) is 9.22.